The molecule has 146 valence electrons. The van der Waals surface area contributed by atoms with E-state index in [4.69, 9.17) is 16.3 Å². The number of hydrogen-bond acceptors (Lipinski definition) is 3. The first-order valence-corrected chi connectivity index (χ1v) is 8.98. The van der Waals surface area contributed by atoms with Crippen LogP contribution in [0.25, 0.3) is 0 Å². The normalized spacial score (nSPS) is 17.1. The molecular weight excluding hydrogens is 388 g/mol. The Morgan fingerprint density at radius 2 is 1.89 bits per heavy atom. The molecule has 1 unspecified atom stereocenters. The van der Waals surface area contributed by atoms with Gasteiger partial charge in [0.2, 0.25) is 5.91 Å². The van der Waals surface area contributed by atoms with Crippen molar-refractivity contribution in [2.24, 2.45) is 0 Å². The summed E-state index contributed by atoms with van der Waals surface area (Å²) in [7, 11) is 1.26. The number of benzene rings is 2. The molecule has 1 heterocycles. The SMILES string of the molecule is COC(=O)C1=C(C)N(Cc2cc(F)cc(F)c2)C(=O)CC1c1cccc(Cl)c1. The average Bonchev–Trinajstić information content (AvgIpc) is 2.63. The molecule has 3 rings (SSSR count). The molecule has 1 amide bonds. The highest BCUT2D eigenvalue weighted by Crippen LogP contribution is 2.38. The molecule has 0 bridgehead atoms. The van der Waals surface area contributed by atoms with E-state index in [-0.39, 0.29) is 24.4 Å². The number of ether oxygens (including phenoxy) is 1. The highest BCUT2D eigenvalue weighted by Gasteiger charge is 2.36. The zero-order valence-electron chi connectivity index (χ0n) is 15.3. The lowest BCUT2D eigenvalue weighted by atomic mass is 9.83. The van der Waals surface area contributed by atoms with Crippen molar-refractivity contribution in [1.82, 2.24) is 4.90 Å². The van der Waals surface area contributed by atoms with Gasteiger partial charge in [0.15, 0.2) is 0 Å². The Bertz CT molecular complexity index is 954. The molecule has 4 nitrogen and oxygen atoms in total. The first-order valence-electron chi connectivity index (χ1n) is 8.60. The van der Waals surface area contributed by atoms with Gasteiger partial charge in [-0.25, -0.2) is 13.6 Å². The standard InChI is InChI=1S/C21H18ClF2NO3/c1-12-20(21(27)28-2)18(14-4-3-5-15(22)8-14)10-19(26)25(12)11-13-6-16(23)9-17(24)7-13/h3-9,18H,10-11H2,1-2H3. The van der Waals surface area contributed by atoms with E-state index in [1.54, 1.807) is 31.2 Å². The van der Waals surface area contributed by atoms with Gasteiger partial charge in [-0.2, -0.15) is 0 Å². The monoisotopic (exact) mass is 405 g/mol. The maximum absolute atomic E-state index is 13.5. The molecule has 1 atom stereocenters. The van der Waals surface area contributed by atoms with Crippen LogP contribution in [0.3, 0.4) is 0 Å². The number of esters is 1. The first kappa shape index (κ1) is 20.0. The van der Waals surface area contributed by atoms with E-state index in [1.807, 2.05) is 0 Å². The highest BCUT2D eigenvalue weighted by atomic mass is 35.5. The van der Waals surface area contributed by atoms with Crippen LogP contribution in [0.1, 0.15) is 30.4 Å². The predicted octanol–water partition coefficient (Wildman–Crippen LogP) is 4.58. The quantitative estimate of drug-likeness (QED) is 0.699. The summed E-state index contributed by atoms with van der Waals surface area (Å²) < 4.78 is 32.0. The van der Waals surface area contributed by atoms with Crippen molar-refractivity contribution in [2.45, 2.75) is 25.8 Å². The van der Waals surface area contributed by atoms with Crippen molar-refractivity contribution >= 4 is 23.5 Å². The largest absolute Gasteiger partial charge is 0.466 e. The van der Waals surface area contributed by atoms with Gasteiger partial charge in [0.1, 0.15) is 11.6 Å². The molecule has 0 aliphatic carbocycles. The summed E-state index contributed by atoms with van der Waals surface area (Å²) in [4.78, 5) is 26.7. The van der Waals surface area contributed by atoms with Crippen LogP contribution in [0.4, 0.5) is 8.78 Å². The molecule has 2 aromatic carbocycles. The summed E-state index contributed by atoms with van der Waals surface area (Å²) in [6.45, 7) is 1.57. The van der Waals surface area contributed by atoms with Gasteiger partial charge >= 0.3 is 5.97 Å². The fraction of sp³-hybridized carbons (Fsp3) is 0.238. The van der Waals surface area contributed by atoms with E-state index >= 15 is 0 Å². The molecule has 2 aromatic rings. The fourth-order valence-corrected chi connectivity index (χ4v) is 3.67. The number of hydrogen-bond donors (Lipinski definition) is 0. The van der Waals surface area contributed by atoms with Crippen LogP contribution in [0.2, 0.25) is 5.02 Å². The molecule has 7 heteroatoms. The Labute approximate surface area is 166 Å². The zero-order chi connectivity index (χ0) is 20.4. The summed E-state index contributed by atoms with van der Waals surface area (Å²) in [6, 6.07) is 10.0. The molecule has 0 fully saturated rings. The Morgan fingerprint density at radius 3 is 2.50 bits per heavy atom. The van der Waals surface area contributed by atoms with Crippen LogP contribution in [0.5, 0.6) is 0 Å². The summed E-state index contributed by atoms with van der Waals surface area (Å²) in [6.07, 6.45) is 0.0138. The number of carbonyl (C=O) groups excluding carboxylic acids is 2. The number of halogens is 3. The van der Waals surface area contributed by atoms with Gasteiger partial charge in [0.05, 0.1) is 19.2 Å². The van der Waals surface area contributed by atoms with E-state index in [9.17, 15) is 18.4 Å². The van der Waals surface area contributed by atoms with Crippen LogP contribution >= 0.6 is 11.6 Å². The maximum Gasteiger partial charge on any atom is 0.336 e. The van der Waals surface area contributed by atoms with Crippen molar-refractivity contribution in [2.75, 3.05) is 7.11 Å². The van der Waals surface area contributed by atoms with Crippen LogP contribution in [0.15, 0.2) is 53.7 Å². The smallest absolute Gasteiger partial charge is 0.336 e. The summed E-state index contributed by atoms with van der Waals surface area (Å²) >= 11 is 6.07. The Kier molecular flexibility index (Phi) is 5.79. The van der Waals surface area contributed by atoms with Crippen molar-refractivity contribution < 1.29 is 23.1 Å². The topological polar surface area (TPSA) is 46.6 Å². The molecule has 0 spiro atoms. The Hall–Kier alpha value is -2.73. The second-order valence-corrected chi connectivity index (χ2v) is 7.00. The third-order valence-electron chi connectivity index (χ3n) is 4.74. The zero-order valence-corrected chi connectivity index (χ0v) is 16.1. The Morgan fingerprint density at radius 1 is 1.21 bits per heavy atom. The van der Waals surface area contributed by atoms with Crippen molar-refractivity contribution in [3.8, 4) is 0 Å². The summed E-state index contributed by atoms with van der Waals surface area (Å²) in [5.41, 5.74) is 1.71. The lowest BCUT2D eigenvalue weighted by Gasteiger charge is -2.34. The average molecular weight is 406 g/mol. The van der Waals surface area contributed by atoms with Gasteiger partial charge in [-0.3, -0.25) is 4.79 Å². The van der Waals surface area contributed by atoms with Crippen LogP contribution in [-0.2, 0) is 20.9 Å². The predicted molar refractivity (Wildman–Crippen MR) is 100 cm³/mol. The minimum Gasteiger partial charge on any atom is -0.466 e. The molecule has 0 aromatic heterocycles. The number of carbonyl (C=O) groups is 2. The highest BCUT2D eigenvalue weighted by molar-refractivity contribution is 6.30. The molecule has 0 saturated carbocycles. The Balaban J connectivity index is 2.04. The van der Waals surface area contributed by atoms with Crippen LogP contribution in [0, 0.1) is 11.6 Å². The van der Waals surface area contributed by atoms with Crippen LogP contribution in [-0.4, -0.2) is 23.9 Å². The third kappa shape index (κ3) is 4.07. The van der Waals surface area contributed by atoms with Gasteiger partial charge in [-0.15, -0.1) is 0 Å². The molecule has 1 aliphatic heterocycles. The van der Waals surface area contributed by atoms with Crippen molar-refractivity contribution in [3.63, 3.8) is 0 Å². The van der Waals surface area contributed by atoms with E-state index < -0.39 is 23.5 Å². The minimum atomic E-state index is -0.730. The van der Waals surface area contributed by atoms with E-state index in [0.717, 1.165) is 23.8 Å². The third-order valence-corrected chi connectivity index (χ3v) is 4.98. The van der Waals surface area contributed by atoms with Crippen molar-refractivity contribution in [1.29, 1.82) is 0 Å². The molecule has 0 N–H and O–H groups in total. The van der Waals surface area contributed by atoms with E-state index in [1.165, 1.54) is 12.0 Å². The number of allylic oxidation sites excluding steroid dienone is 1. The van der Waals surface area contributed by atoms with Crippen LogP contribution < -0.4 is 0 Å². The van der Waals surface area contributed by atoms with Gasteiger partial charge < -0.3 is 9.64 Å². The number of amides is 1. The minimum absolute atomic E-state index is 0.0138. The van der Waals surface area contributed by atoms with Gasteiger partial charge in [-0.05, 0) is 42.3 Å². The van der Waals surface area contributed by atoms with Gasteiger partial charge in [-0.1, -0.05) is 23.7 Å². The number of rotatable bonds is 4. The first-order chi connectivity index (χ1) is 13.3. The molecule has 0 saturated heterocycles. The van der Waals surface area contributed by atoms with Gasteiger partial charge in [0, 0.05) is 29.1 Å². The maximum atomic E-state index is 13.5. The number of methoxy groups -OCH3 is 1. The van der Waals surface area contributed by atoms with Crippen molar-refractivity contribution in [3.05, 3.63) is 81.5 Å². The number of nitrogens with zero attached hydrogens (tertiary/aromatic N) is 1. The summed E-state index contributed by atoms with van der Waals surface area (Å²) in [5, 5.41) is 0.490. The molecule has 1 aliphatic rings. The lowest BCUT2D eigenvalue weighted by Crippen LogP contribution is -2.38. The second-order valence-electron chi connectivity index (χ2n) is 6.56. The molecule has 0 radical (unpaired) electrons. The molecule has 28 heavy (non-hydrogen) atoms. The second kappa shape index (κ2) is 8.10. The van der Waals surface area contributed by atoms with E-state index in [2.05, 4.69) is 0 Å². The molecular formula is C21H18ClF2NO3. The van der Waals surface area contributed by atoms with E-state index in [0.29, 0.717) is 16.3 Å². The lowest BCUT2D eigenvalue weighted by molar-refractivity contribution is -0.138. The fourth-order valence-electron chi connectivity index (χ4n) is 3.47. The summed E-state index contributed by atoms with van der Waals surface area (Å²) in [5.74, 6) is -2.80. The van der Waals surface area contributed by atoms with Gasteiger partial charge in [0.25, 0.3) is 0 Å².